The summed E-state index contributed by atoms with van der Waals surface area (Å²) in [5, 5.41) is 12.7. The summed E-state index contributed by atoms with van der Waals surface area (Å²) in [5.41, 5.74) is 0.161. The van der Waals surface area contributed by atoms with Gasteiger partial charge in [-0.3, -0.25) is 5.32 Å². The van der Waals surface area contributed by atoms with E-state index in [9.17, 15) is 19.5 Å². The highest BCUT2D eigenvalue weighted by Gasteiger charge is 2.16. The molecule has 0 radical (unpaired) electrons. The van der Waals surface area contributed by atoms with Crippen LogP contribution in [0.4, 0.5) is 10.5 Å². The van der Waals surface area contributed by atoms with Crippen molar-refractivity contribution in [2.75, 3.05) is 5.32 Å². The van der Waals surface area contributed by atoms with Crippen LogP contribution in [0.15, 0.2) is 57.7 Å². The van der Waals surface area contributed by atoms with Crippen molar-refractivity contribution in [1.82, 2.24) is 0 Å². The molecule has 0 aliphatic rings. The number of carbonyl (C=O) groups excluding carboxylic acids is 2. The Morgan fingerprint density at radius 3 is 2.43 bits per heavy atom. The fourth-order valence-corrected chi connectivity index (χ4v) is 2.68. The standard InChI is InChI=1S/C22H21NO7/c1-22(2,3)30-21(27)23-15-6-4-13(5-7-15)20(26)28-12-14-10-19(25)29-18-11-16(24)8-9-17(14)18/h4-11,24H,12H2,1-3H3,(H,23,27). The zero-order valence-electron chi connectivity index (χ0n) is 16.7. The Bertz CT molecular complexity index is 1140. The summed E-state index contributed by atoms with van der Waals surface area (Å²) in [4.78, 5) is 35.8. The zero-order chi connectivity index (χ0) is 21.9. The van der Waals surface area contributed by atoms with Gasteiger partial charge in [0.2, 0.25) is 0 Å². The third-order valence-corrected chi connectivity index (χ3v) is 3.94. The molecule has 3 rings (SSSR count). The monoisotopic (exact) mass is 411 g/mol. The van der Waals surface area contributed by atoms with Crippen LogP contribution in [0.2, 0.25) is 0 Å². The Morgan fingerprint density at radius 1 is 1.07 bits per heavy atom. The zero-order valence-corrected chi connectivity index (χ0v) is 16.7. The van der Waals surface area contributed by atoms with Gasteiger partial charge in [-0.05, 0) is 57.2 Å². The van der Waals surface area contributed by atoms with E-state index in [1.807, 2.05) is 0 Å². The molecular weight excluding hydrogens is 390 g/mol. The van der Waals surface area contributed by atoms with E-state index in [-0.39, 0.29) is 23.5 Å². The number of aromatic hydroxyl groups is 1. The Balaban J connectivity index is 1.66. The number of nitrogens with one attached hydrogen (secondary N) is 1. The minimum Gasteiger partial charge on any atom is -0.508 e. The van der Waals surface area contributed by atoms with Gasteiger partial charge in [0.05, 0.1) is 5.56 Å². The minimum atomic E-state index is -0.620. The van der Waals surface area contributed by atoms with Crippen molar-refractivity contribution in [3.63, 3.8) is 0 Å². The van der Waals surface area contributed by atoms with Crippen molar-refractivity contribution in [3.8, 4) is 5.75 Å². The number of phenols is 1. The van der Waals surface area contributed by atoms with Crippen LogP contribution in [0.25, 0.3) is 11.0 Å². The molecule has 3 aromatic rings. The number of hydrogen-bond acceptors (Lipinski definition) is 7. The lowest BCUT2D eigenvalue weighted by Crippen LogP contribution is -2.27. The molecule has 0 bridgehead atoms. The van der Waals surface area contributed by atoms with E-state index in [0.717, 1.165) is 0 Å². The number of fused-ring (bicyclic) bond motifs is 1. The van der Waals surface area contributed by atoms with Crippen molar-refractivity contribution < 1.29 is 28.6 Å². The molecule has 8 heteroatoms. The molecule has 0 aliphatic carbocycles. The van der Waals surface area contributed by atoms with Crippen LogP contribution in [0.1, 0.15) is 36.7 Å². The van der Waals surface area contributed by atoms with Crippen molar-refractivity contribution in [1.29, 1.82) is 0 Å². The minimum absolute atomic E-state index is 0.0418. The predicted octanol–water partition coefficient (Wildman–Crippen LogP) is 4.20. The molecule has 0 unspecified atom stereocenters. The van der Waals surface area contributed by atoms with Gasteiger partial charge in [-0.25, -0.2) is 14.4 Å². The molecular formula is C22H21NO7. The van der Waals surface area contributed by atoms with Gasteiger partial charge in [0.1, 0.15) is 23.5 Å². The normalized spacial score (nSPS) is 11.2. The Morgan fingerprint density at radius 2 is 1.77 bits per heavy atom. The lowest BCUT2D eigenvalue weighted by atomic mass is 10.1. The fraction of sp³-hybridized carbons (Fsp3) is 0.227. The first-order valence-electron chi connectivity index (χ1n) is 9.14. The van der Waals surface area contributed by atoms with Gasteiger partial charge in [-0.15, -0.1) is 0 Å². The van der Waals surface area contributed by atoms with Gasteiger partial charge in [0.15, 0.2) is 0 Å². The first kappa shape index (κ1) is 20.9. The molecule has 2 N–H and O–H groups in total. The number of ether oxygens (including phenoxy) is 2. The Hall–Kier alpha value is -3.81. The topological polar surface area (TPSA) is 115 Å². The van der Waals surface area contributed by atoms with Gasteiger partial charge in [-0.1, -0.05) is 0 Å². The molecule has 0 aliphatic heterocycles. The van der Waals surface area contributed by atoms with Gasteiger partial charge >= 0.3 is 17.7 Å². The Labute approximate surface area is 172 Å². The molecule has 30 heavy (non-hydrogen) atoms. The second kappa shape index (κ2) is 8.28. The average Bonchev–Trinajstić information content (AvgIpc) is 2.64. The summed E-state index contributed by atoms with van der Waals surface area (Å²) < 4.78 is 15.5. The summed E-state index contributed by atoms with van der Waals surface area (Å²) in [7, 11) is 0. The lowest BCUT2D eigenvalue weighted by Gasteiger charge is -2.19. The molecule has 0 fully saturated rings. The first-order valence-corrected chi connectivity index (χ1v) is 9.14. The maximum Gasteiger partial charge on any atom is 0.412 e. The molecule has 8 nitrogen and oxygen atoms in total. The number of anilines is 1. The highest BCUT2D eigenvalue weighted by Crippen LogP contribution is 2.22. The van der Waals surface area contributed by atoms with E-state index in [0.29, 0.717) is 16.6 Å². The lowest BCUT2D eigenvalue weighted by molar-refractivity contribution is 0.0473. The third-order valence-electron chi connectivity index (χ3n) is 3.94. The number of carbonyl (C=O) groups is 2. The van der Waals surface area contributed by atoms with E-state index in [1.54, 1.807) is 39.0 Å². The maximum absolute atomic E-state index is 12.3. The number of rotatable bonds is 4. The molecule has 0 spiro atoms. The Kier molecular flexibility index (Phi) is 5.77. The summed E-state index contributed by atoms with van der Waals surface area (Å²) in [5.74, 6) is -0.640. The fourth-order valence-electron chi connectivity index (χ4n) is 2.68. The van der Waals surface area contributed by atoms with E-state index in [4.69, 9.17) is 13.9 Å². The number of benzene rings is 2. The molecule has 1 heterocycles. The van der Waals surface area contributed by atoms with Crippen LogP contribution in [0.5, 0.6) is 5.75 Å². The SMILES string of the molecule is CC(C)(C)OC(=O)Nc1ccc(C(=O)OCc2cc(=O)oc3cc(O)ccc23)cc1. The summed E-state index contributed by atoms with van der Waals surface area (Å²) in [6.07, 6.45) is -0.598. The van der Waals surface area contributed by atoms with Gasteiger partial charge < -0.3 is 19.0 Å². The summed E-state index contributed by atoms with van der Waals surface area (Å²) in [6.45, 7) is 5.13. The number of phenolic OH excluding ortho intramolecular Hbond substituents is 1. The third kappa shape index (κ3) is 5.38. The molecule has 1 amide bonds. The van der Waals surface area contributed by atoms with Gasteiger partial charge in [-0.2, -0.15) is 0 Å². The largest absolute Gasteiger partial charge is 0.508 e. The molecule has 1 aromatic heterocycles. The summed E-state index contributed by atoms with van der Waals surface area (Å²) in [6, 6.07) is 11.7. The highest BCUT2D eigenvalue weighted by atomic mass is 16.6. The van der Waals surface area contributed by atoms with Crippen molar-refractivity contribution in [2.24, 2.45) is 0 Å². The van der Waals surface area contributed by atoms with Crippen LogP contribution in [-0.4, -0.2) is 22.8 Å². The van der Waals surface area contributed by atoms with Crippen molar-refractivity contribution >= 4 is 28.7 Å². The quantitative estimate of drug-likeness (QED) is 0.488. The van der Waals surface area contributed by atoms with E-state index >= 15 is 0 Å². The van der Waals surface area contributed by atoms with E-state index in [2.05, 4.69) is 5.32 Å². The molecule has 0 atom stereocenters. The van der Waals surface area contributed by atoms with Crippen molar-refractivity contribution in [2.45, 2.75) is 33.0 Å². The average molecular weight is 411 g/mol. The molecule has 156 valence electrons. The van der Waals surface area contributed by atoms with Crippen LogP contribution in [0.3, 0.4) is 0 Å². The molecule has 0 saturated carbocycles. The van der Waals surface area contributed by atoms with Crippen LogP contribution < -0.4 is 10.9 Å². The second-order valence-corrected chi connectivity index (χ2v) is 7.55. The molecule has 2 aromatic carbocycles. The number of amides is 1. The number of esters is 1. The first-order chi connectivity index (χ1) is 14.1. The second-order valence-electron chi connectivity index (χ2n) is 7.55. The van der Waals surface area contributed by atoms with E-state index in [1.165, 1.54) is 30.3 Å². The van der Waals surface area contributed by atoms with E-state index < -0.39 is 23.3 Å². The summed E-state index contributed by atoms with van der Waals surface area (Å²) >= 11 is 0. The maximum atomic E-state index is 12.3. The van der Waals surface area contributed by atoms with Crippen LogP contribution >= 0.6 is 0 Å². The predicted molar refractivity (Wildman–Crippen MR) is 110 cm³/mol. The van der Waals surface area contributed by atoms with Crippen molar-refractivity contribution in [3.05, 3.63) is 70.1 Å². The van der Waals surface area contributed by atoms with Crippen LogP contribution in [0, 0.1) is 0 Å². The highest BCUT2D eigenvalue weighted by molar-refractivity contribution is 5.91. The number of hydrogen-bond donors (Lipinski definition) is 2. The molecule has 0 saturated heterocycles. The van der Waals surface area contributed by atoms with Gasteiger partial charge in [0.25, 0.3) is 0 Å². The van der Waals surface area contributed by atoms with Crippen LogP contribution in [-0.2, 0) is 16.1 Å². The smallest absolute Gasteiger partial charge is 0.412 e. The van der Waals surface area contributed by atoms with Gasteiger partial charge in [0, 0.05) is 28.8 Å².